The minimum atomic E-state index is -0.142. The van der Waals surface area contributed by atoms with Crippen LogP contribution >= 0.6 is 11.3 Å². The Labute approximate surface area is 138 Å². The van der Waals surface area contributed by atoms with Gasteiger partial charge in [0.25, 0.3) is 0 Å². The molecule has 0 unspecified atom stereocenters. The lowest BCUT2D eigenvalue weighted by Crippen LogP contribution is -2.41. The first-order valence-corrected chi connectivity index (χ1v) is 8.69. The molecule has 0 radical (unpaired) electrons. The maximum absolute atomic E-state index is 11.9. The molecule has 1 heterocycles. The largest absolute Gasteiger partial charge is 0.337 e. The molecule has 1 aromatic rings. The maximum atomic E-state index is 11.9. The first kappa shape index (κ1) is 18.9. The molecule has 2 amide bonds. The van der Waals surface area contributed by atoms with E-state index in [0.29, 0.717) is 12.6 Å². The van der Waals surface area contributed by atoms with Gasteiger partial charge in [0.2, 0.25) is 0 Å². The molecular weight excluding hydrogens is 296 g/mol. The van der Waals surface area contributed by atoms with Crippen LogP contribution in [0.1, 0.15) is 58.3 Å². The molecule has 6 heteroatoms. The van der Waals surface area contributed by atoms with E-state index in [9.17, 15) is 4.79 Å². The number of carbonyl (C=O) groups is 1. The molecule has 22 heavy (non-hydrogen) atoms. The number of aromatic nitrogens is 1. The van der Waals surface area contributed by atoms with Crippen LogP contribution in [0.3, 0.4) is 0 Å². The fourth-order valence-corrected chi connectivity index (χ4v) is 2.80. The van der Waals surface area contributed by atoms with Gasteiger partial charge < -0.3 is 15.5 Å². The summed E-state index contributed by atoms with van der Waals surface area (Å²) in [4.78, 5) is 18.7. The molecule has 0 saturated heterocycles. The molecule has 0 aliphatic rings. The van der Waals surface area contributed by atoms with Crippen LogP contribution in [0.4, 0.5) is 4.79 Å². The standard InChI is InChI=1S/C16H30N4OS/c1-11(2)20(7)9-8-17-15(21)18-12(3)14-19-13(10-22-14)16(4,5)6/h10-12H,8-9H2,1-7H3,(H2,17,18,21)/t12-/m1/s1. The van der Waals surface area contributed by atoms with Gasteiger partial charge in [0.15, 0.2) is 0 Å². The van der Waals surface area contributed by atoms with Gasteiger partial charge in [0, 0.05) is 29.9 Å². The molecule has 2 N–H and O–H groups in total. The Morgan fingerprint density at radius 1 is 1.36 bits per heavy atom. The molecule has 5 nitrogen and oxygen atoms in total. The van der Waals surface area contributed by atoms with E-state index in [2.05, 4.69) is 67.6 Å². The number of nitrogens with one attached hydrogen (secondary N) is 2. The van der Waals surface area contributed by atoms with Gasteiger partial charge >= 0.3 is 6.03 Å². The monoisotopic (exact) mass is 326 g/mol. The molecule has 0 spiro atoms. The number of rotatable bonds is 6. The van der Waals surface area contributed by atoms with Crippen molar-refractivity contribution in [1.82, 2.24) is 20.5 Å². The average Bonchev–Trinajstić information content (AvgIpc) is 2.87. The zero-order chi connectivity index (χ0) is 16.9. The summed E-state index contributed by atoms with van der Waals surface area (Å²) in [6, 6.07) is 0.260. The van der Waals surface area contributed by atoms with Gasteiger partial charge in [-0.3, -0.25) is 0 Å². The van der Waals surface area contributed by atoms with Crippen LogP contribution in [0.5, 0.6) is 0 Å². The summed E-state index contributed by atoms with van der Waals surface area (Å²) in [5, 5.41) is 8.85. The first-order chi connectivity index (χ1) is 10.1. The number of hydrogen-bond acceptors (Lipinski definition) is 4. The number of urea groups is 1. The van der Waals surface area contributed by atoms with Gasteiger partial charge in [0.05, 0.1) is 11.7 Å². The Hall–Kier alpha value is -1.14. The summed E-state index contributed by atoms with van der Waals surface area (Å²) >= 11 is 1.60. The third-order valence-electron chi connectivity index (χ3n) is 3.64. The van der Waals surface area contributed by atoms with Crippen molar-refractivity contribution in [3.8, 4) is 0 Å². The van der Waals surface area contributed by atoms with Crippen molar-refractivity contribution < 1.29 is 4.79 Å². The van der Waals surface area contributed by atoms with Gasteiger partial charge in [-0.15, -0.1) is 11.3 Å². The van der Waals surface area contributed by atoms with Crippen molar-refractivity contribution >= 4 is 17.4 Å². The zero-order valence-corrected chi connectivity index (χ0v) is 15.7. The summed E-state index contributed by atoms with van der Waals surface area (Å²) in [5.74, 6) is 0. The summed E-state index contributed by atoms with van der Waals surface area (Å²) in [7, 11) is 2.05. The summed E-state index contributed by atoms with van der Waals surface area (Å²) in [5.41, 5.74) is 1.11. The Morgan fingerprint density at radius 3 is 2.50 bits per heavy atom. The van der Waals surface area contributed by atoms with Gasteiger partial charge in [-0.25, -0.2) is 9.78 Å². The van der Waals surface area contributed by atoms with Crippen molar-refractivity contribution in [2.24, 2.45) is 0 Å². The molecule has 126 valence electrons. The number of thiazole rings is 1. The highest BCUT2D eigenvalue weighted by atomic mass is 32.1. The van der Waals surface area contributed by atoms with Gasteiger partial charge in [-0.2, -0.15) is 0 Å². The van der Waals surface area contributed by atoms with E-state index in [0.717, 1.165) is 17.2 Å². The molecule has 1 aromatic heterocycles. The van der Waals surface area contributed by atoms with Crippen LogP contribution in [0.2, 0.25) is 0 Å². The van der Waals surface area contributed by atoms with Crippen molar-refractivity contribution in [2.45, 2.75) is 59.0 Å². The molecule has 1 rings (SSSR count). The quantitative estimate of drug-likeness (QED) is 0.844. The van der Waals surface area contributed by atoms with Crippen molar-refractivity contribution in [2.75, 3.05) is 20.1 Å². The van der Waals surface area contributed by atoms with E-state index in [-0.39, 0.29) is 17.5 Å². The summed E-state index contributed by atoms with van der Waals surface area (Å²) in [6.45, 7) is 14.1. The maximum Gasteiger partial charge on any atom is 0.315 e. The van der Waals surface area contributed by atoms with E-state index >= 15 is 0 Å². The topological polar surface area (TPSA) is 57.3 Å². The molecule has 0 aliphatic carbocycles. The number of hydrogen-bond donors (Lipinski definition) is 2. The van der Waals surface area contributed by atoms with Gasteiger partial charge in [-0.1, -0.05) is 20.8 Å². The van der Waals surface area contributed by atoms with Crippen molar-refractivity contribution in [3.63, 3.8) is 0 Å². The number of nitrogens with zero attached hydrogens (tertiary/aromatic N) is 2. The molecular formula is C16H30N4OS. The smallest absolute Gasteiger partial charge is 0.315 e. The van der Waals surface area contributed by atoms with Crippen LogP contribution in [-0.4, -0.2) is 42.1 Å². The molecule has 1 atom stereocenters. The highest BCUT2D eigenvalue weighted by molar-refractivity contribution is 7.09. The second kappa shape index (κ2) is 7.92. The minimum absolute atomic E-state index is 0.0398. The second-order valence-corrected chi connectivity index (χ2v) is 7.91. The lowest BCUT2D eigenvalue weighted by Gasteiger charge is -2.21. The molecule has 0 fully saturated rings. The van der Waals surface area contributed by atoms with E-state index in [1.165, 1.54) is 0 Å². The van der Waals surface area contributed by atoms with Crippen LogP contribution < -0.4 is 10.6 Å². The van der Waals surface area contributed by atoms with Crippen LogP contribution in [0.25, 0.3) is 0 Å². The summed E-state index contributed by atoms with van der Waals surface area (Å²) in [6.07, 6.45) is 0. The SMILES string of the molecule is CC(C)N(C)CCNC(=O)N[C@H](C)c1nc(C(C)(C)C)cs1. The van der Waals surface area contributed by atoms with E-state index < -0.39 is 0 Å². The predicted octanol–water partition coefficient (Wildman–Crippen LogP) is 3.14. The lowest BCUT2D eigenvalue weighted by molar-refractivity contribution is 0.232. The second-order valence-electron chi connectivity index (χ2n) is 7.02. The Kier molecular flexibility index (Phi) is 6.81. The molecule has 0 bridgehead atoms. The lowest BCUT2D eigenvalue weighted by atomic mass is 9.93. The first-order valence-electron chi connectivity index (χ1n) is 7.81. The third kappa shape index (κ3) is 5.93. The third-order valence-corrected chi connectivity index (χ3v) is 4.67. The van der Waals surface area contributed by atoms with E-state index in [1.807, 2.05) is 6.92 Å². The number of carbonyl (C=O) groups excluding carboxylic acids is 1. The fourth-order valence-electron chi connectivity index (χ4n) is 1.74. The average molecular weight is 327 g/mol. The summed E-state index contributed by atoms with van der Waals surface area (Å²) < 4.78 is 0. The van der Waals surface area contributed by atoms with Crippen LogP contribution in [0, 0.1) is 0 Å². The van der Waals surface area contributed by atoms with Crippen molar-refractivity contribution in [3.05, 3.63) is 16.1 Å². The Morgan fingerprint density at radius 2 is 2.00 bits per heavy atom. The number of amides is 2. The Balaban J connectivity index is 2.43. The molecule has 0 saturated carbocycles. The Bertz CT molecular complexity index is 479. The molecule has 0 aliphatic heterocycles. The normalized spacial score (nSPS) is 13.5. The van der Waals surface area contributed by atoms with Gasteiger partial charge in [0.1, 0.15) is 5.01 Å². The van der Waals surface area contributed by atoms with E-state index in [4.69, 9.17) is 0 Å². The highest BCUT2D eigenvalue weighted by Crippen LogP contribution is 2.26. The minimum Gasteiger partial charge on any atom is -0.337 e. The predicted molar refractivity (Wildman–Crippen MR) is 93.5 cm³/mol. The zero-order valence-electron chi connectivity index (χ0n) is 14.9. The van der Waals surface area contributed by atoms with Crippen molar-refractivity contribution in [1.29, 1.82) is 0 Å². The van der Waals surface area contributed by atoms with Gasteiger partial charge in [-0.05, 0) is 27.8 Å². The fraction of sp³-hybridized carbons (Fsp3) is 0.750. The number of likely N-dealkylation sites (N-methyl/N-ethyl adjacent to an activating group) is 1. The van der Waals surface area contributed by atoms with Crippen LogP contribution in [-0.2, 0) is 5.41 Å². The van der Waals surface area contributed by atoms with Crippen LogP contribution in [0.15, 0.2) is 5.38 Å². The highest BCUT2D eigenvalue weighted by Gasteiger charge is 2.20. The molecule has 0 aromatic carbocycles. The van der Waals surface area contributed by atoms with E-state index in [1.54, 1.807) is 11.3 Å².